The van der Waals surface area contributed by atoms with E-state index in [-0.39, 0.29) is 29.9 Å². The zero-order chi connectivity index (χ0) is 21.1. The van der Waals surface area contributed by atoms with Gasteiger partial charge in [0.1, 0.15) is 11.6 Å². The molecule has 6 nitrogen and oxygen atoms in total. The van der Waals surface area contributed by atoms with E-state index in [1.165, 1.54) is 18.2 Å². The van der Waals surface area contributed by atoms with Gasteiger partial charge in [0, 0.05) is 11.5 Å². The number of piperidine rings is 1. The van der Waals surface area contributed by atoms with Crippen LogP contribution in [-0.4, -0.2) is 40.6 Å². The van der Waals surface area contributed by atoms with E-state index in [0.29, 0.717) is 30.4 Å². The molecule has 4 rings (SSSR count). The van der Waals surface area contributed by atoms with Crippen LogP contribution < -0.4 is 5.32 Å². The monoisotopic (exact) mass is 412 g/mol. The van der Waals surface area contributed by atoms with Gasteiger partial charge in [-0.15, -0.1) is 0 Å². The van der Waals surface area contributed by atoms with Crippen LogP contribution in [0.25, 0.3) is 11.4 Å². The lowest BCUT2D eigenvalue weighted by molar-refractivity contribution is -0.117. The maximum atomic E-state index is 13.9. The van der Waals surface area contributed by atoms with E-state index in [9.17, 15) is 13.6 Å². The van der Waals surface area contributed by atoms with Gasteiger partial charge < -0.3 is 9.84 Å². The van der Waals surface area contributed by atoms with E-state index in [1.807, 2.05) is 4.90 Å². The molecule has 1 aromatic heterocycles. The van der Waals surface area contributed by atoms with Gasteiger partial charge >= 0.3 is 0 Å². The van der Waals surface area contributed by atoms with E-state index in [4.69, 9.17) is 4.52 Å². The maximum absolute atomic E-state index is 13.9. The predicted octanol–water partition coefficient (Wildman–Crippen LogP) is 4.14. The highest BCUT2D eigenvalue weighted by atomic mass is 19.1. The second-order valence-electron chi connectivity index (χ2n) is 7.55. The number of nitrogens with one attached hydrogen (secondary N) is 1. The zero-order valence-electron chi connectivity index (χ0n) is 16.6. The molecule has 1 fully saturated rings. The minimum atomic E-state index is -0.437. The number of aryl methyl sites for hydroxylation is 1. The maximum Gasteiger partial charge on any atom is 0.238 e. The number of aromatic nitrogens is 2. The Morgan fingerprint density at radius 1 is 1.20 bits per heavy atom. The van der Waals surface area contributed by atoms with Crippen LogP contribution in [0.5, 0.6) is 0 Å². The molecule has 1 saturated heterocycles. The van der Waals surface area contributed by atoms with Gasteiger partial charge in [0.2, 0.25) is 17.6 Å². The lowest BCUT2D eigenvalue weighted by Crippen LogP contribution is -2.38. The van der Waals surface area contributed by atoms with Crippen molar-refractivity contribution in [3.05, 3.63) is 65.6 Å². The van der Waals surface area contributed by atoms with Crippen LogP contribution in [0, 0.1) is 18.6 Å². The molecule has 0 saturated carbocycles. The van der Waals surface area contributed by atoms with Gasteiger partial charge in [-0.05, 0) is 62.7 Å². The Labute approximate surface area is 172 Å². The van der Waals surface area contributed by atoms with Crippen molar-refractivity contribution in [2.75, 3.05) is 25.0 Å². The summed E-state index contributed by atoms with van der Waals surface area (Å²) in [6.07, 6.45) is 1.52. The Balaban J connectivity index is 1.30. The number of hydrogen-bond donors (Lipinski definition) is 1. The Morgan fingerprint density at radius 3 is 2.73 bits per heavy atom. The van der Waals surface area contributed by atoms with Crippen LogP contribution in [-0.2, 0) is 4.79 Å². The van der Waals surface area contributed by atoms with Crippen LogP contribution in [0.1, 0.15) is 30.2 Å². The van der Waals surface area contributed by atoms with Gasteiger partial charge in [-0.3, -0.25) is 9.69 Å². The summed E-state index contributed by atoms with van der Waals surface area (Å²) in [7, 11) is 0. The Kier molecular flexibility index (Phi) is 5.85. The van der Waals surface area contributed by atoms with E-state index in [1.54, 1.807) is 31.2 Å². The second-order valence-corrected chi connectivity index (χ2v) is 7.55. The van der Waals surface area contributed by atoms with Crippen molar-refractivity contribution < 1.29 is 18.1 Å². The van der Waals surface area contributed by atoms with E-state index >= 15 is 0 Å². The average molecular weight is 412 g/mol. The van der Waals surface area contributed by atoms with Crippen LogP contribution in [0.3, 0.4) is 0 Å². The molecule has 1 amide bonds. The first-order valence-electron chi connectivity index (χ1n) is 9.86. The highest BCUT2D eigenvalue weighted by Gasteiger charge is 2.26. The summed E-state index contributed by atoms with van der Waals surface area (Å²) in [6, 6.07) is 10.8. The van der Waals surface area contributed by atoms with Crippen LogP contribution >= 0.6 is 0 Å². The highest BCUT2D eigenvalue weighted by Crippen LogP contribution is 2.28. The first-order chi connectivity index (χ1) is 14.5. The standard InChI is InChI=1S/C22H22F2N4O2/c1-14-5-6-19(18(24)11-14)25-20(29)13-28-9-7-15(8-10-28)22-26-21(27-30-22)16-3-2-4-17(23)12-16/h2-6,11-12,15H,7-10,13H2,1H3,(H,25,29). The average Bonchev–Trinajstić information content (AvgIpc) is 3.21. The van der Waals surface area contributed by atoms with Gasteiger partial charge in [-0.1, -0.05) is 23.4 Å². The molecule has 0 unspecified atom stereocenters. The van der Waals surface area contributed by atoms with Gasteiger partial charge in [-0.25, -0.2) is 8.78 Å². The molecule has 2 aromatic carbocycles. The van der Waals surface area contributed by atoms with Crippen LogP contribution in [0.15, 0.2) is 47.0 Å². The predicted molar refractivity (Wildman–Crippen MR) is 108 cm³/mol. The minimum Gasteiger partial charge on any atom is -0.339 e. The SMILES string of the molecule is Cc1ccc(NC(=O)CN2CCC(c3nc(-c4cccc(F)c4)no3)CC2)c(F)c1. The van der Waals surface area contributed by atoms with Crippen LogP contribution in [0.4, 0.5) is 14.5 Å². The van der Waals surface area contributed by atoms with Gasteiger partial charge in [-0.2, -0.15) is 4.98 Å². The molecular formula is C22H22F2N4O2. The van der Waals surface area contributed by atoms with Crippen molar-refractivity contribution in [1.29, 1.82) is 0 Å². The first-order valence-corrected chi connectivity index (χ1v) is 9.86. The van der Waals surface area contributed by atoms with Gasteiger partial charge in [0.05, 0.1) is 12.2 Å². The summed E-state index contributed by atoms with van der Waals surface area (Å²) >= 11 is 0. The molecule has 156 valence electrons. The molecule has 2 heterocycles. The van der Waals surface area contributed by atoms with E-state index < -0.39 is 5.82 Å². The normalized spacial score (nSPS) is 15.3. The smallest absolute Gasteiger partial charge is 0.238 e. The summed E-state index contributed by atoms with van der Waals surface area (Å²) in [5.41, 5.74) is 1.56. The molecule has 1 N–H and O–H groups in total. The second kappa shape index (κ2) is 8.71. The molecule has 0 aliphatic carbocycles. The molecular weight excluding hydrogens is 390 g/mol. The molecule has 30 heavy (non-hydrogen) atoms. The fourth-order valence-corrected chi connectivity index (χ4v) is 3.60. The zero-order valence-corrected chi connectivity index (χ0v) is 16.6. The van der Waals surface area contributed by atoms with Crippen molar-refractivity contribution in [2.45, 2.75) is 25.7 Å². The molecule has 1 aliphatic heterocycles. The topological polar surface area (TPSA) is 71.3 Å². The van der Waals surface area contributed by atoms with Crippen molar-refractivity contribution in [2.24, 2.45) is 0 Å². The molecule has 3 aromatic rings. The molecule has 8 heteroatoms. The summed E-state index contributed by atoms with van der Waals surface area (Å²) in [5.74, 6) is -0.0499. The number of carbonyl (C=O) groups excluding carboxylic acids is 1. The number of carbonyl (C=O) groups is 1. The fourth-order valence-electron chi connectivity index (χ4n) is 3.60. The number of nitrogens with zero attached hydrogens (tertiary/aromatic N) is 3. The van der Waals surface area contributed by atoms with E-state index in [2.05, 4.69) is 15.5 Å². The highest BCUT2D eigenvalue weighted by molar-refractivity contribution is 5.92. The fraction of sp³-hybridized carbons (Fsp3) is 0.318. The molecule has 1 aliphatic rings. The number of likely N-dealkylation sites (tertiary alicyclic amines) is 1. The van der Waals surface area contributed by atoms with Crippen molar-refractivity contribution >= 4 is 11.6 Å². The van der Waals surface area contributed by atoms with Crippen molar-refractivity contribution in [3.8, 4) is 11.4 Å². The Morgan fingerprint density at radius 2 is 2.00 bits per heavy atom. The third-order valence-electron chi connectivity index (χ3n) is 5.23. The number of amides is 1. The molecule has 0 spiro atoms. The molecule has 0 bridgehead atoms. The number of rotatable bonds is 5. The Hall–Kier alpha value is -3.13. The lowest BCUT2D eigenvalue weighted by atomic mass is 9.97. The van der Waals surface area contributed by atoms with E-state index in [0.717, 1.165) is 18.4 Å². The van der Waals surface area contributed by atoms with Gasteiger partial charge in [0.15, 0.2) is 0 Å². The lowest BCUT2D eigenvalue weighted by Gasteiger charge is -2.29. The number of hydrogen-bond acceptors (Lipinski definition) is 5. The molecule has 0 atom stereocenters. The van der Waals surface area contributed by atoms with Crippen molar-refractivity contribution in [1.82, 2.24) is 15.0 Å². The first kappa shape index (κ1) is 20.2. The number of anilines is 1. The van der Waals surface area contributed by atoms with Crippen molar-refractivity contribution in [3.63, 3.8) is 0 Å². The summed E-state index contributed by atoms with van der Waals surface area (Å²) in [4.78, 5) is 18.7. The third-order valence-corrected chi connectivity index (χ3v) is 5.23. The third kappa shape index (κ3) is 4.71. The van der Waals surface area contributed by atoms with Gasteiger partial charge in [0.25, 0.3) is 0 Å². The van der Waals surface area contributed by atoms with Crippen LogP contribution in [0.2, 0.25) is 0 Å². The number of halogens is 2. The minimum absolute atomic E-state index is 0.0914. The summed E-state index contributed by atoms with van der Waals surface area (Å²) < 4.78 is 32.7. The Bertz CT molecular complexity index is 1050. The summed E-state index contributed by atoms with van der Waals surface area (Å²) in [6.45, 7) is 3.36. The molecule has 0 radical (unpaired) electrons. The number of benzene rings is 2. The quantitative estimate of drug-likeness (QED) is 0.682. The summed E-state index contributed by atoms with van der Waals surface area (Å²) in [5, 5.41) is 6.59. The largest absolute Gasteiger partial charge is 0.339 e.